The minimum Gasteiger partial charge on any atom is -0.368 e. The number of carbonyl (C=O) groups is 5. The molecule has 0 aromatic heterocycles. The van der Waals surface area contributed by atoms with Crippen LogP contribution in [0.3, 0.4) is 0 Å². The predicted molar refractivity (Wildman–Crippen MR) is 79.5 cm³/mol. The molecular weight excluding hydrogens is 304 g/mol. The van der Waals surface area contributed by atoms with Crippen LogP contribution >= 0.6 is 0 Å². The van der Waals surface area contributed by atoms with Gasteiger partial charge in [-0.25, -0.2) is 0 Å². The van der Waals surface area contributed by atoms with Crippen LogP contribution in [0.2, 0.25) is 0 Å². The molecule has 0 bridgehead atoms. The van der Waals surface area contributed by atoms with Gasteiger partial charge < -0.3 is 16.4 Å². The quantitative estimate of drug-likeness (QED) is 0.321. The first kappa shape index (κ1) is 18.3. The highest BCUT2D eigenvalue weighted by atomic mass is 16.2. The molecule has 1 rings (SSSR count). The maximum atomic E-state index is 11.5. The van der Waals surface area contributed by atoms with Gasteiger partial charge in [-0.1, -0.05) is 6.42 Å². The highest BCUT2D eigenvalue weighted by Crippen LogP contribution is 2.07. The van der Waals surface area contributed by atoms with Gasteiger partial charge in [0.2, 0.25) is 17.7 Å². The SMILES string of the molecule is NC(=O)CNC(=O)CNC(=O)CCCCCN1C(=O)C=CC1=O. The van der Waals surface area contributed by atoms with E-state index in [-0.39, 0.29) is 37.2 Å². The number of carbonyl (C=O) groups excluding carboxylic acids is 5. The lowest BCUT2D eigenvalue weighted by atomic mass is 10.2. The molecule has 23 heavy (non-hydrogen) atoms. The Morgan fingerprint density at radius 3 is 2.13 bits per heavy atom. The zero-order valence-corrected chi connectivity index (χ0v) is 12.7. The average molecular weight is 324 g/mol. The number of hydrogen-bond donors (Lipinski definition) is 3. The fourth-order valence-corrected chi connectivity index (χ4v) is 1.90. The van der Waals surface area contributed by atoms with Gasteiger partial charge in [-0.05, 0) is 12.8 Å². The van der Waals surface area contributed by atoms with E-state index in [1.807, 2.05) is 0 Å². The third-order valence-corrected chi connectivity index (χ3v) is 3.09. The van der Waals surface area contributed by atoms with E-state index in [2.05, 4.69) is 10.6 Å². The minimum absolute atomic E-state index is 0.214. The summed E-state index contributed by atoms with van der Waals surface area (Å²) in [6, 6.07) is 0. The van der Waals surface area contributed by atoms with Crippen LogP contribution in [-0.2, 0) is 24.0 Å². The Hall–Kier alpha value is -2.71. The third kappa shape index (κ3) is 7.21. The standard InChI is InChI=1S/C14H20N4O5/c15-10(19)8-16-12(21)9-17-11(20)4-2-1-3-7-18-13(22)5-6-14(18)23/h5-6H,1-4,7-9H2,(H2,15,19)(H,16,21)(H,17,20). The molecule has 0 radical (unpaired) electrons. The summed E-state index contributed by atoms with van der Waals surface area (Å²) in [5.41, 5.74) is 4.86. The third-order valence-electron chi connectivity index (χ3n) is 3.09. The molecule has 0 atom stereocenters. The van der Waals surface area contributed by atoms with E-state index >= 15 is 0 Å². The summed E-state index contributed by atoms with van der Waals surface area (Å²) in [4.78, 5) is 56.9. The van der Waals surface area contributed by atoms with Gasteiger partial charge in [-0.2, -0.15) is 0 Å². The summed E-state index contributed by atoms with van der Waals surface area (Å²) in [5, 5.41) is 4.67. The van der Waals surface area contributed by atoms with E-state index in [0.29, 0.717) is 25.8 Å². The van der Waals surface area contributed by atoms with Gasteiger partial charge in [0.05, 0.1) is 13.1 Å². The minimum atomic E-state index is -0.658. The van der Waals surface area contributed by atoms with E-state index in [4.69, 9.17) is 5.73 Å². The fraction of sp³-hybridized carbons (Fsp3) is 0.500. The monoisotopic (exact) mass is 324 g/mol. The van der Waals surface area contributed by atoms with Crippen LogP contribution in [0, 0.1) is 0 Å². The van der Waals surface area contributed by atoms with Crippen molar-refractivity contribution >= 4 is 29.5 Å². The first-order valence-corrected chi connectivity index (χ1v) is 7.25. The van der Waals surface area contributed by atoms with Gasteiger partial charge in [0.1, 0.15) is 0 Å². The molecule has 0 aromatic rings. The van der Waals surface area contributed by atoms with Crippen LogP contribution in [0.4, 0.5) is 0 Å². The second-order valence-corrected chi connectivity index (χ2v) is 4.99. The molecule has 5 amide bonds. The summed E-state index contributed by atoms with van der Waals surface area (Å²) in [6.07, 6.45) is 4.59. The van der Waals surface area contributed by atoms with Crippen molar-refractivity contribution in [2.45, 2.75) is 25.7 Å². The highest BCUT2D eigenvalue weighted by molar-refractivity contribution is 6.12. The summed E-state index contributed by atoms with van der Waals surface area (Å²) in [5.74, 6) is -2.05. The Morgan fingerprint density at radius 2 is 1.52 bits per heavy atom. The Kier molecular flexibility index (Phi) is 7.44. The first-order valence-electron chi connectivity index (χ1n) is 7.25. The molecule has 0 saturated carbocycles. The van der Waals surface area contributed by atoms with Gasteiger partial charge in [0.25, 0.3) is 11.8 Å². The highest BCUT2D eigenvalue weighted by Gasteiger charge is 2.22. The van der Waals surface area contributed by atoms with E-state index in [9.17, 15) is 24.0 Å². The summed E-state index contributed by atoms with van der Waals surface area (Å²) < 4.78 is 0. The van der Waals surface area contributed by atoms with Gasteiger partial charge in [0.15, 0.2) is 0 Å². The van der Waals surface area contributed by atoms with E-state index in [0.717, 1.165) is 4.90 Å². The van der Waals surface area contributed by atoms with Crippen LogP contribution < -0.4 is 16.4 Å². The molecule has 4 N–H and O–H groups in total. The molecule has 1 heterocycles. The Labute approximate surface area is 133 Å². The summed E-state index contributed by atoms with van der Waals surface area (Å²) >= 11 is 0. The number of hydrogen-bond acceptors (Lipinski definition) is 5. The van der Waals surface area contributed by atoms with Gasteiger partial charge in [-0.15, -0.1) is 0 Å². The number of primary amides is 1. The largest absolute Gasteiger partial charge is 0.368 e. The summed E-state index contributed by atoms with van der Waals surface area (Å²) in [6.45, 7) is -0.145. The van der Waals surface area contributed by atoms with Crippen molar-refractivity contribution in [2.24, 2.45) is 5.73 Å². The number of rotatable bonds is 10. The molecule has 126 valence electrons. The molecule has 0 spiro atoms. The van der Waals surface area contributed by atoms with Crippen molar-refractivity contribution in [3.05, 3.63) is 12.2 Å². The summed E-state index contributed by atoms with van der Waals surface area (Å²) in [7, 11) is 0. The number of imide groups is 1. The fourth-order valence-electron chi connectivity index (χ4n) is 1.90. The average Bonchev–Trinajstić information content (AvgIpc) is 2.82. The van der Waals surface area contributed by atoms with Gasteiger partial charge in [-0.3, -0.25) is 28.9 Å². The number of amides is 5. The number of nitrogens with zero attached hydrogens (tertiary/aromatic N) is 1. The molecule has 1 aliphatic heterocycles. The Morgan fingerprint density at radius 1 is 0.913 bits per heavy atom. The van der Waals surface area contributed by atoms with Gasteiger partial charge >= 0.3 is 0 Å². The molecule has 0 aliphatic carbocycles. The van der Waals surface area contributed by atoms with Crippen molar-refractivity contribution in [1.29, 1.82) is 0 Å². The van der Waals surface area contributed by atoms with Crippen molar-refractivity contribution in [3.8, 4) is 0 Å². The molecule has 9 heteroatoms. The van der Waals surface area contributed by atoms with E-state index < -0.39 is 11.8 Å². The molecule has 1 aliphatic rings. The Bertz CT molecular complexity index is 511. The maximum absolute atomic E-state index is 11.5. The Balaban J connectivity index is 2.04. The molecule has 0 aromatic carbocycles. The first-order chi connectivity index (χ1) is 10.9. The topological polar surface area (TPSA) is 139 Å². The van der Waals surface area contributed by atoms with Crippen molar-refractivity contribution in [1.82, 2.24) is 15.5 Å². The normalized spacial score (nSPS) is 13.3. The lowest BCUT2D eigenvalue weighted by molar-refractivity contribution is -0.137. The van der Waals surface area contributed by atoms with E-state index in [1.54, 1.807) is 0 Å². The lowest BCUT2D eigenvalue weighted by Gasteiger charge is -2.13. The second-order valence-electron chi connectivity index (χ2n) is 4.99. The predicted octanol–water partition coefficient (Wildman–Crippen LogP) is -1.81. The number of unbranched alkanes of at least 4 members (excludes halogenated alkanes) is 2. The zero-order valence-electron chi connectivity index (χ0n) is 12.7. The van der Waals surface area contributed by atoms with Gasteiger partial charge in [0, 0.05) is 25.1 Å². The van der Waals surface area contributed by atoms with Crippen molar-refractivity contribution in [3.63, 3.8) is 0 Å². The molecule has 0 fully saturated rings. The van der Waals surface area contributed by atoms with Crippen LogP contribution in [0.15, 0.2) is 12.2 Å². The molecule has 9 nitrogen and oxygen atoms in total. The van der Waals surface area contributed by atoms with Crippen LogP contribution in [0.25, 0.3) is 0 Å². The number of nitrogens with one attached hydrogen (secondary N) is 2. The smallest absolute Gasteiger partial charge is 0.253 e. The van der Waals surface area contributed by atoms with Crippen LogP contribution in [0.1, 0.15) is 25.7 Å². The molecular formula is C14H20N4O5. The second kappa shape index (κ2) is 9.34. The molecule has 0 saturated heterocycles. The van der Waals surface area contributed by atoms with Crippen LogP contribution in [0.5, 0.6) is 0 Å². The van der Waals surface area contributed by atoms with Crippen molar-refractivity contribution < 1.29 is 24.0 Å². The lowest BCUT2D eigenvalue weighted by Crippen LogP contribution is -2.40. The number of nitrogens with two attached hydrogens (primary N) is 1. The zero-order chi connectivity index (χ0) is 17.2. The van der Waals surface area contributed by atoms with Crippen LogP contribution in [-0.4, -0.2) is 54.1 Å². The maximum Gasteiger partial charge on any atom is 0.253 e. The van der Waals surface area contributed by atoms with Crippen molar-refractivity contribution in [2.75, 3.05) is 19.6 Å². The molecule has 0 unspecified atom stereocenters. The van der Waals surface area contributed by atoms with E-state index in [1.165, 1.54) is 12.2 Å².